The second kappa shape index (κ2) is 14.9. The van der Waals surface area contributed by atoms with E-state index >= 15 is 4.79 Å². The second-order valence-corrected chi connectivity index (χ2v) is 20.3. The smallest absolute Gasteiger partial charge is 0.269 e. The maximum atomic E-state index is 15.2. The third-order valence-electron chi connectivity index (χ3n) is 12.3. The van der Waals surface area contributed by atoms with E-state index in [1.807, 2.05) is 55.5 Å². The van der Waals surface area contributed by atoms with Gasteiger partial charge in [-0.25, -0.2) is 0 Å². The highest BCUT2D eigenvalue weighted by Gasteiger charge is 2.67. The lowest BCUT2D eigenvalue weighted by molar-refractivity contribution is -0.385. The quantitative estimate of drug-likeness (QED) is 0.146. The van der Waals surface area contributed by atoms with Gasteiger partial charge in [0, 0.05) is 35.8 Å². The summed E-state index contributed by atoms with van der Waals surface area (Å²) >= 11 is 0. The van der Waals surface area contributed by atoms with Gasteiger partial charge in [-0.05, 0) is 73.7 Å². The summed E-state index contributed by atoms with van der Waals surface area (Å²) in [4.78, 5) is 57.0. The van der Waals surface area contributed by atoms with Gasteiger partial charge < -0.3 is 35.0 Å². The van der Waals surface area contributed by atoms with E-state index in [0.717, 1.165) is 48.7 Å². The highest BCUT2D eigenvalue weighted by atomic mass is 28.3. The second-order valence-electron chi connectivity index (χ2n) is 15.6. The van der Waals surface area contributed by atoms with Crippen LogP contribution >= 0.6 is 0 Å². The van der Waals surface area contributed by atoms with Crippen molar-refractivity contribution in [2.24, 2.45) is 5.92 Å². The van der Waals surface area contributed by atoms with Crippen LogP contribution < -0.4 is 25.5 Å². The number of nitrogens with one attached hydrogen (secondary N) is 2. The number of hydrogen-bond donors (Lipinski definition) is 3. The Morgan fingerprint density at radius 2 is 1.83 bits per heavy atom. The molecule has 1 spiro atoms. The van der Waals surface area contributed by atoms with E-state index in [0.29, 0.717) is 23.5 Å². The molecule has 0 aromatic heterocycles. The molecule has 3 aromatic rings. The average Bonchev–Trinajstić information content (AvgIpc) is 3.97. The van der Waals surface area contributed by atoms with E-state index in [4.69, 9.17) is 9.47 Å². The van der Waals surface area contributed by atoms with Crippen LogP contribution in [-0.2, 0) is 31.3 Å². The molecule has 286 valence electrons. The number of non-ortho nitro benzene ring substituents is 1. The minimum atomic E-state index is -2.59. The molecule has 3 N–H and O–H groups in total. The Hall–Kier alpha value is -4.63. The highest BCUT2D eigenvalue weighted by molar-refractivity contribution is 6.91. The molecule has 14 heteroatoms. The predicted octanol–water partition coefficient (Wildman–Crippen LogP) is 4.43. The van der Waals surface area contributed by atoms with Crippen LogP contribution in [0.15, 0.2) is 66.7 Å². The van der Waals surface area contributed by atoms with Crippen molar-refractivity contribution >= 4 is 48.0 Å². The summed E-state index contributed by atoms with van der Waals surface area (Å²) in [6.07, 6.45) is 2.60. The van der Waals surface area contributed by atoms with Crippen molar-refractivity contribution in [2.45, 2.75) is 88.0 Å². The monoisotopic (exact) mass is 755 g/mol. The molecule has 4 heterocycles. The molecule has 6 atom stereocenters. The third kappa shape index (κ3) is 6.58. The summed E-state index contributed by atoms with van der Waals surface area (Å²) < 4.78 is 12.5. The first-order chi connectivity index (χ1) is 25.9. The average molecular weight is 756 g/mol. The number of fused-ring (bicyclic) bond motifs is 2. The number of likely N-dealkylation sites (tertiary alicyclic amines) is 1. The number of nitro groups is 1. The molecule has 0 saturated carbocycles. The van der Waals surface area contributed by atoms with Gasteiger partial charge in [-0.1, -0.05) is 49.5 Å². The number of rotatable bonds is 11. The predicted molar refractivity (Wildman–Crippen MR) is 206 cm³/mol. The largest absolute Gasteiger partial charge is 0.497 e. The maximum absolute atomic E-state index is 15.2. The van der Waals surface area contributed by atoms with E-state index < -0.39 is 30.6 Å². The van der Waals surface area contributed by atoms with E-state index in [-0.39, 0.29) is 60.6 Å². The van der Waals surface area contributed by atoms with Crippen molar-refractivity contribution in [1.29, 1.82) is 0 Å². The Morgan fingerprint density at radius 3 is 2.48 bits per heavy atom. The molecular weight excluding hydrogens is 707 g/mol. The van der Waals surface area contributed by atoms with Crippen molar-refractivity contribution < 1.29 is 33.9 Å². The summed E-state index contributed by atoms with van der Waals surface area (Å²) in [5.74, 6) is -0.297. The highest BCUT2D eigenvalue weighted by Crippen LogP contribution is 2.60. The van der Waals surface area contributed by atoms with Crippen molar-refractivity contribution in [1.82, 2.24) is 10.2 Å². The zero-order chi connectivity index (χ0) is 38.4. The van der Waals surface area contributed by atoms with Crippen LogP contribution in [0.5, 0.6) is 5.75 Å². The van der Waals surface area contributed by atoms with Crippen LogP contribution in [0.2, 0.25) is 18.6 Å². The van der Waals surface area contributed by atoms with Crippen molar-refractivity contribution in [3.05, 3.63) is 88.0 Å². The number of carbonyl (C=O) groups is 3. The molecule has 3 saturated heterocycles. The minimum absolute atomic E-state index is 0.0148. The summed E-state index contributed by atoms with van der Waals surface area (Å²) in [5, 5.41) is 29.5. The third-order valence-corrected chi connectivity index (χ3v) is 16.6. The molecule has 3 fully saturated rings. The van der Waals surface area contributed by atoms with Crippen molar-refractivity contribution in [3.8, 4) is 5.75 Å². The van der Waals surface area contributed by atoms with E-state index in [1.54, 1.807) is 23.0 Å². The number of nitro benzene ring substituents is 1. The lowest BCUT2D eigenvalue weighted by Crippen LogP contribution is -2.52. The Bertz CT molecular complexity index is 1920. The fourth-order valence-electron chi connectivity index (χ4n) is 9.43. The number of methoxy groups -OCH3 is 1. The molecule has 0 aliphatic carbocycles. The van der Waals surface area contributed by atoms with Crippen molar-refractivity contribution in [3.63, 3.8) is 0 Å². The zero-order valence-electron chi connectivity index (χ0n) is 31.2. The fourth-order valence-corrected chi connectivity index (χ4v) is 13.4. The molecule has 0 bridgehead atoms. The molecule has 4 aliphatic rings. The molecule has 7 rings (SSSR count). The Kier molecular flexibility index (Phi) is 10.4. The Morgan fingerprint density at radius 1 is 1.09 bits per heavy atom. The number of hydrogen-bond acceptors (Lipinski definition) is 9. The van der Waals surface area contributed by atoms with Crippen molar-refractivity contribution in [2.75, 3.05) is 37.0 Å². The fraction of sp³-hybridized carbons (Fsp3) is 0.475. The minimum Gasteiger partial charge on any atom is -0.497 e. The van der Waals surface area contributed by atoms with Gasteiger partial charge in [0.1, 0.15) is 5.75 Å². The number of anilines is 2. The first-order valence-electron chi connectivity index (χ1n) is 18.9. The standard InChI is InChI=1S/C40H49N5O8Si/c1-25-37(54(3,4)31-16-14-30(52-2)15-17-31)35(22-36(47)43-20-6-7-29(43)24-46)53-40(25)32-21-28(45(50)51)13-18-34(32)44(39(40)49)23-26-9-11-27(12-10-26)42-38(48)33-8-5-19-41-33/h9-18,21,25,29,33,35,37,41,46H,5-8,19-20,22-24H2,1-4H3,(H,42,48)/t25-,29-,33+,35+,37-,40+/m0/s1. The van der Waals surface area contributed by atoms with Crippen LogP contribution in [0.3, 0.4) is 0 Å². The number of aliphatic hydroxyl groups is 1. The molecule has 54 heavy (non-hydrogen) atoms. The molecule has 3 aromatic carbocycles. The summed E-state index contributed by atoms with van der Waals surface area (Å²) in [5.41, 5.74) is 0.407. The number of amides is 3. The van der Waals surface area contributed by atoms with E-state index in [2.05, 4.69) is 23.7 Å². The van der Waals surface area contributed by atoms with E-state index in [1.165, 1.54) is 12.1 Å². The Labute approximate surface area is 316 Å². The summed E-state index contributed by atoms with van der Waals surface area (Å²) in [7, 11) is -0.976. The first kappa shape index (κ1) is 37.7. The number of aliphatic hydroxyl groups excluding tert-OH is 1. The van der Waals surface area contributed by atoms with Gasteiger partial charge in [0.25, 0.3) is 11.6 Å². The van der Waals surface area contributed by atoms with Gasteiger partial charge in [-0.15, -0.1) is 0 Å². The van der Waals surface area contributed by atoms with Gasteiger partial charge in [0.05, 0.1) is 63.6 Å². The molecule has 0 unspecified atom stereocenters. The number of nitrogens with zero attached hydrogens (tertiary/aromatic N) is 3. The number of benzene rings is 3. The number of carbonyl (C=O) groups excluding carboxylic acids is 3. The van der Waals surface area contributed by atoms with Gasteiger partial charge in [-0.3, -0.25) is 24.5 Å². The van der Waals surface area contributed by atoms with Crippen LogP contribution in [-0.4, -0.2) is 85.7 Å². The van der Waals surface area contributed by atoms with Gasteiger partial charge in [-0.2, -0.15) is 0 Å². The van der Waals surface area contributed by atoms with Gasteiger partial charge in [0.2, 0.25) is 11.8 Å². The molecule has 0 radical (unpaired) electrons. The summed E-state index contributed by atoms with van der Waals surface area (Å²) in [6.45, 7) is 7.83. The lowest BCUT2D eigenvalue weighted by Gasteiger charge is -2.37. The normalized spacial score (nSPS) is 26.4. The van der Waals surface area contributed by atoms with Gasteiger partial charge in [0.15, 0.2) is 5.60 Å². The molecular formula is C40H49N5O8Si. The maximum Gasteiger partial charge on any atom is 0.269 e. The molecule has 13 nitrogen and oxygen atoms in total. The van der Waals surface area contributed by atoms with Gasteiger partial charge >= 0.3 is 0 Å². The van der Waals surface area contributed by atoms with Crippen LogP contribution in [0.25, 0.3) is 0 Å². The van der Waals surface area contributed by atoms with Crippen LogP contribution in [0.4, 0.5) is 17.1 Å². The number of ether oxygens (including phenoxy) is 2. The SMILES string of the molecule is COc1ccc([Si](C)(C)[C@@H]2[C@@H](CC(=O)N3CCC[C@H]3CO)O[C@]3(C(=O)N(Cc4ccc(NC(=O)[C@H]5CCCN5)cc4)c4ccc([N+](=O)[O-])cc43)[C@H]2C)cc1. The topological polar surface area (TPSA) is 164 Å². The zero-order valence-corrected chi connectivity index (χ0v) is 32.2. The van der Waals surface area contributed by atoms with Crippen LogP contribution in [0, 0.1) is 16.0 Å². The Balaban J connectivity index is 1.25. The lowest BCUT2D eigenvalue weighted by atomic mass is 9.82. The van der Waals surface area contributed by atoms with E-state index in [9.17, 15) is 24.8 Å². The first-order valence-corrected chi connectivity index (χ1v) is 21.9. The molecule has 4 aliphatic heterocycles. The summed E-state index contributed by atoms with van der Waals surface area (Å²) in [6, 6.07) is 19.3. The van der Waals surface area contributed by atoms with Crippen LogP contribution in [0.1, 0.15) is 50.2 Å². The molecule has 3 amide bonds.